The zero-order valence-corrected chi connectivity index (χ0v) is 10.8. The molecule has 19 heavy (non-hydrogen) atoms. The topological polar surface area (TPSA) is 40.9 Å². The standard InChI is InChI=1S/C17H15NO/c1-13-7-9-15(10-8-13)17(19)11-16(12-18)14-5-3-2-4-6-14/h2-10,16H,11H2,1H3/t16-/m1/s1. The fraction of sp³-hybridized carbons (Fsp3) is 0.176. The van der Waals surface area contributed by atoms with Crippen molar-refractivity contribution in [3.8, 4) is 6.07 Å². The van der Waals surface area contributed by atoms with E-state index in [0.717, 1.165) is 11.1 Å². The van der Waals surface area contributed by atoms with Gasteiger partial charge in [0, 0.05) is 12.0 Å². The van der Waals surface area contributed by atoms with E-state index in [1.54, 1.807) is 0 Å². The molecule has 2 rings (SSSR count). The van der Waals surface area contributed by atoms with Crippen molar-refractivity contribution in [2.45, 2.75) is 19.3 Å². The summed E-state index contributed by atoms with van der Waals surface area (Å²) >= 11 is 0. The summed E-state index contributed by atoms with van der Waals surface area (Å²) in [6.07, 6.45) is 0.226. The summed E-state index contributed by atoms with van der Waals surface area (Å²) in [7, 11) is 0. The molecular formula is C17H15NO. The molecule has 0 amide bonds. The van der Waals surface area contributed by atoms with Crippen molar-refractivity contribution < 1.29 is 4.79 Å². The maximum Gasteiger partial charge on any atom is 0.164 e. The zero-order chi connectivity index (χ0) is 13.7. The van der Waals surface area contributed by atoms with Gasteiger partial charge in [-0.15, -0.1) is 0 Å². The first-order chi connectivity index (χ1) is 9.20. The number of nitrogens with zero attached hydrogens (tertiary/aromatic N) is 1. The number of ketones is 1. The van der Waals surface area contributed by atoms with Gasteiger partial charge >= 0.3 is 0 Å². The van der Waals surface area contributed by atoms with Crippen molar-refractivity contribution in [1.82, 2.24) is 0 Å². The first-order valence-electron chi connectivity index (χ1n) is 6.25. The van der Waals surface area contributed by atoms with Crippen LogP contribution in [-0.2, 0) is 0 Å². The number of rotatable bonds is 4. The van der Waals surface area contributed by atoms with Crippen LogP contribution in [0.1, 0.15) is 33.8 Å². The van der Waals surface area contributed by atoms with Gasteiger partial charge in [0.15, 0.2) is 5.78 Å². The van der Waals surface area contributed by atoms with E-state index in [9.17, 15) is 10.1 Å². The van der Waals surface area contributed by atoms with Gasteiger partial charge in [-0.3, -0.25) is 4.79 Å². The Morgan fingerprint density at radius 3 is 2.32 bits per heavy atom. The van der Waals surface area contributed by atoms with Crippen LogP contribution in [-0.4, -0.2) is 5.78 Å². The number of aryl methyl sites for hydroxylation is 1. The van der Waals surface area contributed by atoms with Crippen molar-refractivity contribution in [2.24, 2.45) is 0 Å². The molecule has 0 bridgehead atoms. The molecule has 0 heterocycles. The Bertz CT molecular complexity index is 593. The Hall–Kier alpha value is -2.40. The van der Waals surface area contributed by atoms with Gasteiger partial charge in [0.2, 0.25) is 0 Å². The lowest BCUT2D eigenvalue weighted by molar-refractivity contribution is 0.0979. The van der Waals surface area contributed by atoms with Gasteiger partial charge in [0.1, 0.15) is 0 Å². The highest BCUT2D eigenvalue weighted by Crippen LogP contribution is 2.21. The minimum Gasteiger partial charge on any atom is -0.294 e. The Kier molecular flexibility index (Phi) is 4.10. The summed E-state index contributed by atoms with van der Waals surface area (Å²) in [4.78, 5) is 12.1. The summed E-state index contributed by atoms with van der Waals surface area (Å²) in [5.41, 5.74) is 2.68. The molecule has 0 saturated carbocycles. The number of Topliss-reactive ketones (excluding diaryl/α,β-unsaturated/α-hetero) is 1. The fourth-order valence-corrected chi connectivity index (χ4v) is 1.97. The average Bonchev–Trinajstić information content (AvgIpc) is 2.46. The predicted molar refractivity (Wildman–Crippen MR) is 74.9 cm³/mol. The first-order valence-corrected chi connectivity index (χ1v) is 6.25. The molecule has 0 spiro atoms. The molecule has 0 aliphatic carbocycles. The van der Waals surface area contributed by atoms with Gasteiger partial charge in [-0.1, -0.05) is 60.2 Å². The lowest BCUT2D eigenvalue weighted by Crippen LogP contribution is -2.06. The van der Waals surface area contributed by atoms with Crippen molar-refractivity contribution in [3.63, 3.8) is 0 Å². The van der Waals surface area contributed by atoms with Crippen LogP contribution in [0.5, 0.6) is 0 Å². The maximum atomic E-state index is 12.1. The second-order valence-corrected chi connectivity index (χ2v) is 4.59. The number of nitriles is 1. The van der Waals surface area contributed by atoms with E-state index in [4.69, 9.17) is 0 Å². The third kappa shape index (κ3) is 3.29. The summed E-state index contributed by atoms with van der Waals surface area (Å²) < 4.78 is 0. The van der Waals surface area contributed by atoms with E-state index < -0.39 is 0 Å². The molecule has 1 atom stereocenters. The summed E-state index contributed by atoms with van der Waals surface area (Å²) in [5, 5.41) is 9.22. The van der Waals surface area contributed by atoms with Crippen LogP contribution in [0.3, 0.4) is 0 Å². The van der Waals surface area contributed by atoms with Crippen molar-refractivity contribution in [1.29, 1.82) is 5.26 Å². The van der Waals surface area contributed by atoms with Crippen molar-refractivity contribution >= 4 is 5.78 Å². The molecule has 0 aliphatic rings. The largest absolute Gasteiger partial charge is 0.294 e. The van der Waals surface area contributed by atoms with E-state index in [2.05, 4.69) is 6.07 Å². The third-order valence-corrected chi connectivity index (χ3v) is 3.12. The van der Waals surface area contributed by atoms with Gasteiger partial charge in [0.05, 0.1) is 12.0 Å². The lowest BCUT2D eigenvalue weighted by Gasteiger charge is -2.08. The van der Waals surface area contributed by atoms with Crippen molar-refractivity contribution in [3.05, 3.63) is 71.3 Å². The molecule has 0 saturated heterocycles. The Labute approximate surface area is 113 Å². The second-order valence-electron chi connectivity index (χ2n) is 4.59. The van der Waals surface area contributed by atoms with Gasteiger partial charge in [-0.05, 0) is 12.5 Å². The highest BCUT2D eigenvalue weighted by molar-refractivity contribution is 5.96. The normalized spacial score (nSPS) is 11.6. The third-order valence-electron chi connectivity index (χ3n) is 3.12. The number of carbonyl (C=O) groups excluding carboxylic acids is 1. The Morgan fingerprint density at radius 1 is 1.11 bits per heavy atom. The lowest BCUT2D eigenvalue weighted by atomic mass is 9.92. The maximum absolute atomic E-state index is 12.1. The molecule has 0 unspecified atom stereocenters. The summed E-state index contributed by atoms with van der Waals surface area (Å²) in [5.74, 6) is -0.370. The summed E-state index contributed by atoms with van der Waals surface area (Å²) in [6.45, 7) is 1.98. The molecular weight excluding hydrogens is 234 g/mol. The minimum absolute atomic E-state index is 0.00963. The van der Waals surface area contributed by atoms with Crippen LogP contribution in [0.4, 0.5) is 0 Å². The van der Waals surface area contributed by atoms with Gasteiger partial charge in [-0.25, -0.2) is 0 Å². The average molecular weight is 249 g/mol. The summed E-state index contributed by atoms with van der Waals surface area (Å²) in [6, 6.07) is 19.1. The Morgan fingerprint density at radius 2 is 1.74 bits per heavy atom. The minimum atomic E-state index is -0.380. The van der Waals surface area contributed by atoms with Gasteiger partial charge in [0.25, 0.3) is 0 Å². The van der Waals surface area contributed by atoms with E-state index in [0.29, 0.717) is 5.56 Å². The number of hydrogen-bond acceptors (Lipinski definition) is 2. The quantitative estimate of drug-likeness (QED) is 0.772. The van der Waals surface area contributed by atoms with E-state index in [1.165, 1.54) is 0 Å². The monoisotopic (exact) mass is 249 g/mol. The molecule has 0 radical (unpaired) electrons. The predicted octanol–water partition coefficient (Wildman–Crippen LogP) is 3.88. The molecule has 2 aromatic rings. The highest BCUT2D eigenvalue weighted by atomic mass is 16.1. The van der Waals surface area contributed by atoms with Gasteiger partial charge < -0.3 is 0 Å². The molecule has 94 valence electrons. The van der Waals surface area contributed by atoms with Crippen LogP contribution in [0.2, 0.25) is 0 Å². The van der Waals surface area contributed by atoms with Crippen LogP contribution >= 0.6 is 0 Å². The number of benzene rings is 2. The number of carbonyl (C=O) groups is 1. The van der Waals surface area contributed by atoms with E-state index in [1.807, 2.05) is 61.5 Å². The van der Waals surface area contributed by atoms with Crippen LogP contribution in [0.25, 0.3) is 0 Å². The highest BCUT2D eigenvalue weighted by Gasteiger charge is 2.16. The molecule has 0 aliphatic heterocycles. The molecule has 0 aromatic heterocycles. The molecule has 2 aromatic carbocycles. The fourth-order valence-electron chi connectivity index (χ4n) is 1.97. The number of hydrogen-bond donors (Lipinski definition) is 0. The smallest absolute Gasteiger partial charge is 0.164 e. The zero-order valence-electron chi connectivity index (χ0n) is 10.8. The second kappa shape index (κ2) is 5.97. The first kappa shape index (κ1) is 13.0. The Balaban J connectivity index is 2.13. The van der Waals surface area contributed by atoms with Crippen LogP contribution in [0, 0.1) is 18.3 Å². The SMILES string of the molecule is Cc1ccc(C(=O)C[C@H](C#N)c2ccccc2)cc1. The van der Waals surface area contributed by atoms with Crippen molar-refractivity contribution in [2.75, 3.05) is 0 Å². The molecule has 0 fully saturated rings. The van der Waals surface area contributed by atoms with E-state index >= 15 is 0 Å². The molecule has 2 heteroatoms. The molecule has 0 N–H and O–H groups in total. The van der Waals surface area contributed by atoms with E-state index in [-0.39, 0.29) is 18.1 Å². The van der Waals surface area contributed by atoms with Crippen LogP contribution < -0.4 is 0 Å². The molecule has 2 nitrogen and oxygen atoms in total. The van der Waals surface area contributed by atoms with Gasteiger partial charge in [-0.2, -0.15) is 5.26 Å². The van der Waals surface area contributed by atoms with Crippen LogP contribution in [0.15, 0.2) is 54.6 Å².